The van der Waals surface area contributed by atoms with E-state index in [2.05, 4.69) is 11.8 Å². The van der Waals surface area contributed by atoms with E-state index in [-0.39, 0.29) is 24.1 Å². The summed E-state index contributed by atoms with van der Waals surface area (Å²) < 4.78 is 7.23. The number of piperazine rings is 1. The summed E-state index contributed by atoms with van der Waals surface area (Å²) in [6.45, 7) is 5.24. The highest BCUT2D eigenvalue weighted by Crippen LogP contribution is 2.22. The van der Waals surface area contributed by atoms with Crippen molar-refractivity contribution in [2.75, 3.05) is 32.8 Å². The normalized spacial score (nSPS) is 17.3. The van der Waals surface area contributed by atoms with Gasteiger partial charge < -0.3 is 9.64 Å². The Morgan fingerprint density at radius 1 is 1.15 bits per heavy atom. The lowest BCUT2D eigenvalue weighted by atomic mass is 10.1. The summed E-state index contributed by atoms with van der Waals surface area (Å²) in [5, 5.41) is 0.609. The van der Waals surface area contributed by atoms with Gasteiger partial charge in [0, 0.05) is 44.7 Å². The Hall–Kier alpha value is -2.74. The van der Waals surface area contributed by atoms with Crippen molar-refractivity contribution in [1.29, 1.82) is 0 Å². The van der Waals surface area contributed by atoms with Crippen LogP contribution in [0.4, 0.5) is 0 Å². The molecule has 1 aromatic heterocycles. The molecule has 2 heterocycles. The lowest BCUT2D eigenvalue weighted by Gasteiger charge is -2.38. The number of allylic oxidation sites excluding steroid dienone is 3. The molecule has 1 saturated heterocycles. The van der Waals surface area contributed by atoms with Crippen LogP contribution in [0.25, 0.3) is 6.08 Å². The molecule has 1 unspecified atom stereocenters. The van der Waals surface area contributed by atoms with Crippen molar-refractivity contribution in [3.05, 3.63) is 80.5 Å². The number of carbonyl (C=O) groups is 1. The molecule has 0 N–H and O–H groups in total. The summed E-state index contributed by atoms with van der Waals surface area (Å²) in [4.78, 5) is 34.4. The number of hydrogen-bond donors (Lipinski definition) is 0. The largest absolute Gasteiger partial charge is 0.367 e. The van der Waals surface area contributed by atoms with Crippen molar-refractivity contribution in [2.24, 2.45) is 7.05 Å². The predicted octanol–water partition coefficient (Wildman–Crippen LogP) is 2.89. The third-order valence-electron chi connectivity index (χ3n) is 6.26. The van der Waals surface area contributed by atoms with E-state index in [0.717, 1.165) is 17.1 Å². The molecule has 7 nitrogen and oxygen atoms in total. The zero-order valence-electron chi connectivity index (χ0n) is 19.0. The van der Waals surface area contributed by atoms with Gasteiger partial charge in [0.05, 0.1) is 23.9 Å². The van der Waals surface area contributed by atoms with E-state index in [1.54, 1.807) is 23.8 Å². The van der Waals surface area contributed by atoms with Gasteiger partial charge in [-0.05, 0) is 24.6 Å². The molecule has 0 saturated carbocycles. The lowest BCUT2D eigenvalue weighted by molar-refractivity contribution is -0.138. The van der Waals surface area contributed by atoms with Crippen LogP contribution in [0.3, 0.4) is 0 Å². The molecule has 2 aliphatic rings. The van der Waals surface area contributed by atoms with Gasteiger partial charge in [-0.2, -0.15) is 0 Å². The Kier molecular flexibility index (Phi) is 7.42. The number of halogens is 1. The molecule has 1 aliphatic carbocycles. The lowest BCUT2D eigenvalue weighted by Crippen LogP contribution is -2.50. The van der Waals surface area contributed by atoms with Gasteiger partial charge in [-0.25, -0.2) is 4.98 Å². The number of rotatable bonds is 6. The molecule has 1 amide bonds. The highest BCUT2D eigenvalue weighted by atomic mass is 35.5. The molecule has 33 heavy (non-hydrogen) atoms. The minimum absolute atomic E-state index is 0.00393. The smallest absolute Gasteiger partial charge is 0.260 e. The molecule has 1 fully saturated rings. The third kappa shape index (κ3) is 5.43. The molecule has 1 aromatic carbocycles. The van der Waals surface area contributed by atoms with Gasteiger partial charge in [0.25, 0.3) is 5.56 Å². The summed E-state index contributed by atoms with van der Waals surface area (Å²) in [5.74, 6) is 0.730. The maximum Gasteiger partial charge on any atom is 0.260 e. The van der Waals surface area contributed by atoms with Crippen molar-refractivity contribution >= 4 is 23.6 Å². The van der Waals surface area contributed by atoms with Gasteiger partial charge in [0.1, 0.15) is 12.4 Å². The summed E-state index contributed by atoms with van der Waals surface area (Å²) in [5.41, 5.74) is 2.32. The van der Waals surface area contributed by atoms with Crippen molar-refractivity contribution in [3.8, 4) is 0 Å². The monoisotopic (exact) mass is 468 g/mol. The molecule has 0 spiro atoms. The van der Waals surface area contributed by atoms with Crippen molar-refractivity contribution < 1.29 is 9.53 Å². The summed E-state index contributed by atoms with van der Waals surface area (Å²) in [7, 11) is 1.76. The Morgan fingerprint density at radius 3 is 2.61 bits per heavy atom. The van der Waals surface area contributed by atoms with Crippen LogP contribution in [-0.4, -0.2) is 58.0 Å². The molecule has 0 bridgehead atoms. The first-order valence-corrected chi connectivity index (χ1v) is 11.6. The molecule has 2 aromatic rings. The Labute approximate surface area is 198 Å². The van der Waals surface area contributed by atoms with E-state index >= 15 is 0 Å². The number of aromatic nitrogens is 2. The minimum atomic E-state index is -0.0674. The Morgan fingerprint density at radius 2 is 1.88 bits per heavy atom. The van der Waals surface area contributed by atoms with Crippen molar-refractivity contribution in [2.45, 2.75) is 26.0 Å². The zero-order valence-corrected chi connectivity index (χ0v) is 19.8. The first-order valence-electron chi connectivity index (χ1n) is 11.2. The number of benzene rings is 1. The molecule has 1 atom stereocenters. The molecule has 174 valence electrons. The van der Waals surface area contributed by atoms with E-state index in [1.807, 2.05) is 41.3 Å². The number of fused-ring (bicyclic) bond motifs is 1. The summed E-state index contributed by atoms with van der Waals surface area (Å²) in [6, 6.07) is 9.78. The van der Waals surface area contributed by atoms with Crippen molar-refractivity contribution in [1.82, 2.24) is 19.4 Å². The third-order valence-corrected chi connectivity index (χ3v) is 6.54. The van der Waals surface area contributed by atoms with E-state index < -0.39 is 0 Å². The van der Waals surface area contributed by atoms with Crippen LogP contribution in [0.1, 0.15) is 35.6 Å². The van der Waals surface area contributed by atoms with Gasteiger partial charge in [-0.1, -0.05) is 48.0 Å². The van der Waals surface area contributed by atoms with Gasteiger partial charge >= 0.3 is 0 Å². The van der Waals surface area contributed by atoms with Gasteiger partial charge in [-0.15, -0.1) is 0 Å². The molecule has 0 radical (unpaired) electrons. The summed E-state index contributed by atoms with van der Waals surface area (Å²) in [6.07, 6.45) is 5.88. The molecule has 8 heteroatoms. The second kappa shape index (κ2) is 10.5. The van der Waals surface area contributed by atoms with E-state index in [9.17, 15) is 9.59 Å². The Balaban J connectivity index is 1.35. The average Bonchev–Trinajstić information content (AvgIpc) is 3.03. The van der Waals surface area contributed by atoms with Gasteiger partial charge in [0.2, 0.25) is 5.91 Å². The minimum Gasteiger partial charge on any atom is -0.367 e. The number of carbonyl (C=O) groups excluding carboxylic acids is 1. The highest BCUT2D eigenvalue weighted by molar-refractivity contribution is 6.31. The number of hydrogen-bond acceptors (Lipinski definition) is 5. The van der Waals surface area contributed by atoms with Crippen LogP contribution >= 0.6 is 11.6 Å². The Bertz CT molecular complexity index is 1120. The fourth-order valence-corrected chi connectivity index (χ4v) is 4.39. The SMILES string of the molecule is CC(c1nc2c(c(=O)n1C)C=CC(Cl)=CC2)N1CCN(C(=O)COCc2ccccc2)CC1. The first-order chi connectivity index (χ1) is 15.9. The van der Waals surface area contributed by atoms with Crippen molar-refractivity contribution in [3.63, 3.8) is 0 Å². The van der Waals surface area contributed by atoms with Gasteiger partial charge in [0.15, 0.2) is 0 Å². The van der Waals surface area contributed by atoms with Crippen LogP contribution in [0, 0.1) is 0 Å². The second-order valence-corrected chi connectivity index (χ2v) is 8.83. The van der Waals surface area contributed by atoms with Gasteiger partial charge in [-0.3, -0.25) is 19.1 Å². The van der Waals surface area contributed by atoms with E-state index in [1.165, 1.54) is 0 Å². The van der Waals surface area contributed by atoms with Crippen LogP contribution in [0.15, 0.2) is 52.3 Å². The van der Waals surface area contributed by atoms with E-state index in [4.69, 9.17) is 21.3 Å². The topological polar surface area (TPSA) is 67.7 Å². The predicted molar refractivity (Wildman–Crippen MR) is 129 cm³/mol. The first kappa shape index (κ1) is 23.4. The van der Waals surface area contributed by atoms with E-state index in [0.29, 0.717) is 49.8 Å². The maximum atomic E-state index is 12.9. The number of nitrogens with zero attached hydrogens (tertiary/aromatic N) is 4. The number of ether oxygens (including phenoxy) is 1. The molecule has 1 aliphatic heterocycles. The molecular weight excluding hydrogens is 440 g/mol. The fourth-order valence-electron chi connectivity index (χ4n) is 4.25. The maximum absolute atomic E-state index is 12.9. The molecule has 4 rings (SSSR count). The highest BCUT2D eigenvalue weighted by Gasteiger charge is 2.27. The second-order valence-electron chi connectivity index (χ2n) is 8.39. The van der Waals surface area contributed by atoms with Crippen LogP contribution in [-0.2, 0) is 29.6 Å². The fraction of sp³-hybridized carbons (Fsp3) is 0.400. The van der Waals surface area contributed by atoms with Crippen LogP contribution < -0.4 is 5.56 Å². The quantitative estimate of drug-likeness (QED) is 0.652. The standard InChI is InChI=1S/C25H29ClN4O3/c1-18(24-27-22-11-9-20(26)8-10-21(22)25(32)28(24)2)29-12-14-30(15-13-29)23(31)17-33-16-19-6-4-3-5-7-19/h3-10,18H,11-17H2,1-2H3. The molecular formula is C25H29ClN4O3. The zero-order chi connectivity index (χ0) is 23.4. The average molecular weight is 469 g/mol. The van der Waals surface area contributed by atoms with Crippen LogP contribution in [0.2, 0.25) is 0 Å². The summed E-state index contributed by atoms with van der Waals surface area (Å²) >= 11 is 6.12. The van der Waals surface area contributed by atoms with Crippen LogP contribution in [0.5, 0.6) is 0 Å². The number of amides is 1.